The van der Waals surface area contributed by atoms with Crippen LogP contribution < -0.4 is 5.43 Å². The van der Waals surface area contributed by atoms with E-state index in [0.29, 0.717) is 20.5 Å². The molecule has 21 heavy (non-hydrogen) atoms. The van der Waals surface area contributed by atoms with Crippen LogP contribution in [-0.4, -0.2) is 21.1 Å². The van der Waals surface area contributed by atoms with Crippen LogP contribution in [0.15, 0.2) is 17.0 Å². The third kappa shape index (κ3) is 3.52. The van der Waals surface area contributed by atoms with Crippen LogP contribution in [0.25, 0.3) is 6.08 Å². The van der Waals surface area contributed by atoms with Gasteiger partial charge in [-0.2, -0.15) is 5.01 Å². The Kier molecular flexibility index (Phi) is 5.16. The summed E-state index contributed by atoms with van der Waals surface area (Å²) in [4.78, 5) is 23.5. The number of amides is 2. The van der Waals surface area contributed by atoms with Gasteiger partial charge in [0.25, 0.3) is 5.91 Å². The highest BCUT2D eigenvalue weighted by Gasteiger charge is 2.33. The number of benzene rings is 1. The summed E-state index contributed by atoms with van der Waals surface area (Å²) < 4.78 is 0.218. The smallest absolute Gasteiger partial charge is 0.274 e. The van der Waals surface area contributed by atoms with Gasteiger partial charge in [-0.25, -0.2) is 0 Å². The van der Waals surface area contributed by atoms with E-state index < -0.39 is 11.8 Å². The molecule has 0 radical (unpaired) electrons. The minimum atomic E-state index is -0.452. The molecule has 2 rings (SSSR count). The quantitative estimate of drug-likeness (QED) is 0.479. The first-order valence-electron chi connectivity index (χ1n) is 5.50. The number of hydrogen-bond donors (Lipinski definition) is 1. The largest absolute Gasteiger partial charge is 0.285 e. The lowest BCUT2D eigenvalue weighted by molar-refractivity contribution is -0.131. The highest BCUT2D eigenvalue weighted by Crippen LogP contribution is 2.37. The van der Waals surface area contributed by atoms with Gasteiger partial charge in [0.1, 0.15) is 0 Å². The van der Waals surface area contributed by atoms with E-state index in [1.165, 1.54) is 13.0 Å². The topological polar surface area (TPSA) is 49.4 Å². The van der Waals surface area contributed by atoms with Gasteiger partial charge in [0, 0.05) is 17.5 Å². The normalized spacial score (nSPS) is 16.8. The van der Waals surface area contributed by atoms with Crippen LogP contribution in [0.4, 0.5) is 0 Å². The van der Waals surface area contributed by atoms with Crippen molar-refractivity contribution in [3.05, 3.63) is 37.7 Å². The number of hydrazine groups is 1. The molecule has 0 unspecified atom stereocenters. The van der Waals surface area contributed by atoms with Gasteiger partial charge in [0.15, 0.2) is 4.32 Å². The summed E-state index contributed by atoms with van der Waals surface area (Å²) in [7, 11) is 0. The maximum atomic E-state index is 12.2. The molecule has 1 aromatic rings. The van der Waals surface area contributed by atoms with Crippen LogP contribution in [0.1, 0.15) is 12.5 Å². The van der Waals surface area contributed by atoms with Crippen LogP contribution >= 0.6 is 58.8 Å². The van der Waals surface area contributed by atoms with Gasteiger partial charge >= 0.3 is 0 Å². The second kappa shape index (κ2) is 6.54. The fourth-order valence-corrected chi connectivity index (χ4v) is 3.33. The molecule has 1 heterocycles. The number of carbonyl (C=O) groups is 2. The van der Waals surface area contributed by atoms with Crippen molar-refractivity contribution in [3.63, 3.8) is 0 Å². The van der Waals surface area contributed by atoms with Crippen LogP contribution in [0.2, 0.25) is 15.1 Å². The second-order valence-electron chi connectivity index (χ2n) is 3.94. The zero-order valence-electron chi connectivity index (χ0n) is 10.4. The Balaban J connectivity index is 2.40. The van der Waals surface area contributed by atoms with E-state index in [0.717, 1.165) is 16.8 Å². The van der Waals surface area contributed by atoms with Crippen molar-refractivity contribution < 1.29 is 9.59 Å². The van der Waals surface area contributed by atoms with Crippen molar-refractivity contribution in [2.45, 2.75) is 6.92 Å². The summed E-state index contributed by atoms with van der Waals surface area (Å²) in [5.41, 5.74) is 2.77. The van der Waals surface area contributed by atoms with Crippen molar-refractivity contribution in [2.24, 2.45) is 0 Å². The molecule has 0 aromatic heterocycles. The Hall–Kier alpha value is -0.790. The molecule has 0 aliphatic carbocycles. The Morgan fingerprint density at radius 1 is 1.33 bits per heavy atom. The number of nitrogens with one attached hydrogen (secondary N) is 1. The van der Waals surface area contributed by atoms with Gasteiger partial charge in [0.2, 0.25) is 5.91 Å². The highest BCUT2D eigenvalue weighted by atomic mass is 35.5. The summed E-state index contributed by atoms with van der Waals surface area (Å²) in [5.74, 6) is -0.848. The lowest BCUT2D eigenvalue weighted by atomic mass is 10.2. The molecule has 1 aliphatic heterocycles. The summed E-state index contributed by atoms with van der Waals surface area (Å²) in [6.07, 6.45) is 1.50. The molecule has 110 valence electrons. The van der Waals surface area contributed by atoms with Gasteiger partial charge in [-0.1, -0.05) is 46.6 Å². The Morgan fingerprint density at radius 2 is 1.95 bits per heavy atom. The van der Waals surface area contributed by atoms with Crippen molar-refractivity contribution in [2.75, 3.05) is 0 Å². The summed E-state index contributed by atoms with van der Waals surface area (Å²) in [5, 5.41) is 1.92. The average Bonchev–Trinajstić information content (AvgIpc) is 2.66. The van der Waals surface area contributed by atoms with E-state index in [9.17, 15) is 9.59 Å². The number of hydrogen-bond acceptors (Lipinski definition) is 4. The molecule has 0 atom stereocenters. The van der Waals surface area contributed by atoms with Crippen LogP contribution in [0, 0.1) is 0 Å². The fraction of sp³-hybridized carbons (Fsp3) is 0.0833. The minimum Gasteiger partial charge on any atom is -0.274 e. The predicted molar refractivity (Wildman–Crippen MR) is 90.3 cm³/mol. The maximum Gasteiger partial charge on any atom is 0.285 e. The Labute approximate surface area is 145 Å². The van der Waals surface area contributed by atoms with E-state index in [4.69, 9.17) is 47.0 Å². The first-order valence-corrected chi connectivity index (χ1v) is 7.86. The lowest BCUT2D eigenvalue weighted by Crippen LogP contribution is -2.43. The summed E-state index contributed by atoms with van der Waals surface area (Å²) in [6, 6.07) is 3.14. The first kappa shape index (κ1) is 16.6. The van der Waals surface area contributed by atoms with Gasteiger partial charge < -0.3 is 0 Å². The maximum absolute atomic E-state index is 12.2. The van der Waals surface area contributed by atoms with E-state index in [2.05, 4.69) is 5.43 Å². The highest BCUT2D eigenvalue weighted by molar-refractivity contribution is 8.26. The van der Waals surface area contributed by atoms with E-state index in [1.807, 2.05) is 0 Å². The first-order chi connectivity index (χ1) is 9.81. The zero-order chi connectivity index (χ0) is 15.7. The standard InChI is InChI=1S/C12H7Cl3N2O2S2/c1-5(18)16-17-11(19)9(21-12(17)20)4-6-7(13)2-3-8(14)10(6)15/h2-4H,1H3,(H,16,18)/b9-4-. The molecule has 2 amide bonds. The van der Waals surface area contributed by atoms with Crippen molar-refractivity contribution in [3.8, 4) is 0 Å². The molecule has 1 aromatic carbocycles. The van der Waals surface area contributed by atoms with E-state index >= 15 is 0 Å². The molecule has 1 fully saturated rings. The van der Waals surface area contributed by atoms with Crippen LogP contribution in [0.3, 0.4) is 0 Å². The summed E-state index contributed by atoms with van der Waals surface area (Å²) >= 11 is 24.2. The molecule has 4 nitrogen and oxygen atoms in total. The second-order valence-corrected chi connectivity index (χ2v) is 6.81. The van der Waals surface area contributed by atoms with Gasteiger partial charge in [-0.15, -0.1) is 0 Å². The number of thioether (sulfide) groups is 1. The summed E-state index contributed by atoms with van der Waals surface area (Å²) in [6.45, 7) is 1.28. The van der Waals surface area contributed by atoms with Crippen molar-refractivity contribution in [1.29, 1.82) is 0 Å². The molecule has 1 aliphatic rings. The lowest BCUT2D eigenvalue weighted by Gasteiger charge is -2.13. The van der Waals surface area contributed by atoms with Gasteiger partial charge in [-0.05, 0) is 30.4 Å². The molecular weight excluding hydrogens is 375 g/mol. The van der Waals surface area contributed by atoms with Crippen LogP contribution in [-0.2, 0) is 9.59 Å². The third-order valence-electron chi connectivity index (χ3n) is 2.42. The SMILES string of the molecule is CC(=O)NN1C(=O)/C(=C/c2c(Cl)ccc(Cl)c2Cl)SC1=S. The van der Waals surface area contributed by atoms with Crippen molar-refractivity contribution in [1.82, 2.24) is 10.4 Å². The molecule has 0 saturated carbocycles. The predicted octanol–water partition coefficient (Wildman–Crippen LogP) is 3.90. The van der Waals surface area contributed by atoms with Gasteiger partial charge in [0.05, 0.1) is 15.0 Å². The molecule has 0 spiro atoms. The number of rotatable bonds is 2. The zero-order valence-corrected chi connectivity index (χ0v) is 14.3. The average molecular weight is 382 g/mol. The molecule has 1 N–H and O–H groups in total. The number of nitrogens with zero attached hydrogens (tertiary/aromatic N) is 1. The molecular formula is C12H7Cl3N2O2S2. The number of thiocarbonyl (C=S) groups is 1. The number of halogens is 3. The van der Waals surface area contributed by atoms with Gasteiger partial charge in [-0.3, -0.25) is 15.0 Å². The van der Waals surface area contributed by atoms with Crippen LogP contribution in [0.5, 0.6) is 0 Å². The fourth-order valence-electron chi connectivity index (χ4n) is 1.53. The van der Waals surface area contributed by atoms with E-state index in [-0.39, 0.29) is 9.34 Å². The molecule has 9 heteroatoms. The van der Waals surface area contributed by atoms with E-state index in [1.54, 1.807) is 12.1 Å². The third-order valence-corrected chi connectivity index (χ3v) is 4.87. The molecule has 1 saturated heterocycles. The Morgan fingerprint density at radius 3 is 2.57 bits per heavy atom. The molecule has 0 bridgehead atoms. The Bertz CT molecular complexity index is 691. The number of carbonyl (C=O) groups excluding carboxylic acids is 2. The minimum absolute atomic E-state index is 0.218. The monoisotopic (exact) mass is 380 g/mol. The van der Waals surface area contributed by atoms with Crippen molar-refractivity contribution >= 4 is 81.0 Å².